The van der Waals surface area contributed by atoms with E-state index in [1.807, 2.05) is 80.6 Å². The summed E-state index contributed by atoms with van der Waals surface area (Å²) in [5, 5.41) is 3.92. The number of hydrogen-bond acceptors (Lipinski definition) is 4. The fourth-order valence-electron chi connectivity index (χ4n) is 4.24. The van der Waals surface area contributed by atoms with Crippen molar-refractivity contribution in [2.45, 2.75) is 33.5 Å². The number of carbonyl (C=O) groups is 1. The Balaban J connectivity index is 1.43. The number of aromatic nitrogens is 1. The lowest BCUT2D eigenvalue weighted by atomic mass is 10.0. The topological polar surface area (TPSA) is 83.7 Å². The third-order valence-electron chi connectivity index (χ3n) is 6.37. The molecule has 178 valence electrons. The maximum Gasteiger partial charge on any atom is 0.318 e. The van der Waals surface area contributed by atoms with Gasteiger partial charge in [-0.25, -0.2) is 4.79 Å². The summed E-state index contributed by atoms with van der Waals surface area (Å²) >= 11 is 0. The summed E-state index contributed by atoms with van der Waals surface area (Å²) in [5.41, 5.74) is 5.20. The molecule has 4 aromatic rings. The van der Waals surface area contributed by atoms with Gasteiger partial charge in [-0.3, -0.25) is 4.79 Å². The van der Waals surface area contributed by atoms with Gasteiger partial charge in [0.25, 0.3) is 5.56 Å². The summed E-state index contributed by atoms with van der Waals surface area (Å²) in [6, 6.07) is 21.0. The van der Waals surface area contributed by atoms with Crippen LogP contribution in [0.5, 0.6) is 11.5 Å². The Morgan fingerprint density at radius 2 is 1.74 bits per heavy atom. The van der Waals surface area contributed by atoms with Crippen molar-refractivity contribution in [3.8, 4) is 11.5 Å². The molecule has 0 spiro atoms. The molecule has 35 heavy (non-hydrogen) atoms. The van der Waals surface area contributed by atoms with E-state index < -0.39 is 0 Å². The van der Waals surface area contributed by atoms with Gasteiger partial charge in [0, 0.05) is 18.7 Å². The van der Waals surface area contributed by atoms with Crippen molar-refractivity contribution in [2.75, 3.05) is 6.79 Å². The zero-order valence-electron chi connectivity index (χ0n) is 19.8. The first-order valence-electron chi connectivity index (χ1n) is 11.6. The second-order valence-electron chi connectivity index (χ2n) is 8.78. The van der Waals surface area contributed by atoms with E-state index in [2.05, 4.69) is 10.3 Å². The van der Waals surface area contributed by atoms with Crippen LogP contribution in [0.15, 0.2) is 71.5 Å². The molecule has 0 fully saturated rings. The number of amides is 2. The fraction of sp³-hybridized carbons (Fsp3) is 0.214. The maximum atomic E-state index is 13.3. The van der Waals surface area contributed by atoms with Crippen LogP contribution in [0.4, 0.5) is 4.79 Å². The number of carbonyl (C=O) groups excluding carboxylic acids is 1. The summed E-state index contributed by atoms with van der Waals surface area (Å²) in [4.78, 5) is 30.9. The number of aryl methyl sites for hydroxylation is 2. The van der Waals surface area contributed by atoms with E-state index in [1.54, 1.807) is 4.90 Å². The molecular weight excluding hydrogens is 442 g/mol. The molecule has 7 heteroatoms. The SMILES string of the molecule is Cc1ccc2cc(CN(Cc3ccc4c(c3)OCO4)C(=O)NCc3ccccc3)c(=O)[nH]c2c1C. The lowest BCUT2D eigenvalue weighted by Crippen LogP contribution is -2.39. The standard InChI is InChI=1S/C28H27N3O4/c1-18-8-10-22-13-23(27(32)30-26(22)19(18)2)16-31(28(33)29-14-20-6-4-3-5-7-20)15-21-9-11-24-25(12-21)35-17-34-24/h3-13H,14-17H2,1-2H3,(H,29,33)(H,30,32). The van der Waals surface area contributed by atoms with Crippen LogP contribution in [0.1, 0.15) is 27.8 Å². The van der Waals surface area contributed by atoms with Gasteiger partial charge in [-0.15, -0.1) is 0 Å². The zero-order valence-corrected chi connectivity index (χ0v) is 19.8. The summed E-state index contributed by atoms with van der Waals surface area (Å²) in [5.74, 6) is 1.34. The van der Waals surface area contributed by atoms with Crippen LogP contribution in [0.3, 0.4) is 0 Å². The number of pyridine rings is 1. The Bertz CT molecular complexity index is 1450. The van der Waals surface area contributed by atoms with Crippen LogP contribution in [0, 0.1) is 13.8 Å². The maximum absolute atomic E-state index is 13.3. The molecule has 3 aromatic carbocycles. The van der Waals surface area contributed by atoms with E-state index in [1.165, 1.54) is 0 Å². The number of aromatic amines is 1. The van der Waals surface area contributed by atoms with Gasteiger partial charge in [0.05, 0.1) is 12.1 Å². The third kappa shape index (κ3) is 4.84. The fourth-order valence-corrected chi connectivity index (χ4v) is 4.24. The van der Waals surface area contributed by atoms with Crippen LogP contribution < -0.4 is 20.3 Å². The normalized spacial score (nSPS) is 12.1. The first kappa shape index (κ1) is 22.5. The van der Waals surface area contributed by atoms with Gasteiger partial charge in [-0.1, -0.05) is 48.5 Å². The van der Waals surface area contributed by atoms with E-state index in [0.29, 0.717) is 30.2 Å². The van der Waals surface area contributed by atoms with Crippen molar-refractivity contribution in [1.82, 2.24) is 15.2 Å². The molecule has 5 rings (SSSR count). The molecule has 1 aromatic heterocycles. The summed E-state index contributed by atoms with van der Waals surface area (Å²) in [7, 11) is 0. The van der Waals surface area contributed by atoms with Crippen molar-refractivity contribution >= 4 is 16.9 Å². The molecule has 2 heterocycles. The predicted octanol–water partition coefficient (Wildman–Crippen LogP) is 4.79. The molecule has 1 aliphatic rings. The molecule has 0 radical (unpaired) electrons. The Morgan fingerprint density at radius 1 is 0.943 bits per heavy atom. The molecule has 7 nitrogen and oxygen atoms in total. The number of nitrogens with one attached hydrogen (secondary N) is 2. The highest BCUT2D eigenvalue weighted by molar-refractivity contribution is 5.83. The second-order valence-corrected chi connectivity index (χ2v) is 8.78. The lowest BCUT2D eigenvalue weighted by molar-refractivity contribution is 0.173. The highest BCUT2D eigenvalue weighted by Gasteiger charge is 2.19. The highest BCUT2D eigenvalue weighted by atomic mass is 16.7. The minimum absolute atomic E-state index is 0.160. The van der Waals surface area contributed by atoms with E-state index in [0.717, 1.165) is 33.2 Å². The van der Waals surface area contributed by atoms with Crippen molar-refractivity contribution in [1.29, 1.82) is 0 Å². The molecule has 0 saturated carbocycles. The Labute approximate surface area is 203 Å². The predicted molar refractivity (Wildman–Crippen MR) is 135 cm³/mol. The first-order chi connectivity index (χ1) is 17.0. The largest absolute Gasteiger partial charge is 0.454 e. The second kappa shape index (κ2) is 9.54. The number of rotatable bonds is 6. The first-order valence-corrected chi connectivity index (χ1v) is 11.6. The average Bonchev–Trinajstić information content (AvgIpc) is 3.34. The summed E-state index contributed by atoms with van der Waals surface area (Å²) < 4.78 is 10.9. The number of benzene rings is 3. The number of ether oxygens (including phenoxy) is 2. The number of fused-ring (bicyclic) bond motifs is 2. The Hall–Kier alpha value is -4.26. The Morgan fingerprint density at radius 3 is 2.57 bits per heavy atom. The lowest BCUT2D eigenvalue weighted by Gasteiger charge is -2.23. The van der Waals surface area contributed by atoms with Crippen LogP contribution in [-0.4, -0.2) is 22.7 Å². The van der Waals surface area contributed by atoms with Crippen LogP contribution in [0.25, 0.3) is 10.9 Å². The summed E-state index contributed by atoms with van der Waals surface area (Å²) in [6.07, 6.45) is 0. The van der Waals surface area contributed by atoms with Gasteiger partial charge in [0.1, 0.15) is 0 Å². The number of H-pyrrole nitrogens is 1. The number of urea groups is 1. The molecule has 0 bridgehead atoms. The van der Waals surface area contributed by atoms with Crippen molar-refractivity contribution < 1.29 is 14.3 Å². The highest BCUT2D eigenvalue weighted by Crippen LogP contribution is 2.33. The van der Waals surface area contributed by atoms with Crippen LogP contribution in [-0.2, 0) is 19.6 Å². The zero-order chi connectivity index (χ0) is 24.4. The summed E-state index contributed by atoms with van der Waals surface area (Å²) in [6.45, 7) is 5.06. The molecule has 0 aliphatic carbocycles. The number of hydrogen-bond donors (Lipinski definition) is 2. The average molecular weight is 470 g/mol. The van der Waals surface area contributed by atoms with E-state index in [-0.39, 0.29) is 24.9 Å². The van der Waals surface area contributed by atoms with E-state index in [9.17, 15) is 9.59 Å². The monoisotopic (exact) mass is 469 g/mol. The van der Waals surface area contributed by atoms with Crippen LogP contribution >= 0.6 is 0 Å². The quantitative estimate of drug-likeness (QED) is 0.426. The van der Waals surface area contributed by atoms with Crippen molar-refractivity contribution in [3.05, 3.63) is 105 Å². The molecule has 2 amide bonds. The minimum atomic E-state index is -0.258. The molecule has 1 aliphatic heterocycles. The molecular formula is C28H27N3O4. The smallest absolute Gasteiger partial charge is 0.318 e. The van der Waals surface area contributed by atoms with Gasteiger partial charge >= 0.3 is 6.03 Å². The van der Waals surface area contributed by atoms with Crippen molar-refractivity contribution in [2.24, 2.45) is 0 Å². The number of nitrogens with zero attached hydrogens (tertiary/aromatic N) is 1. The third-order valence-corrected chi connectivity index (χ3v) is 6.37. The Kier molecular flexibility index (Phi) is 6.14. The van der Waals surface area contributed by atoms with Crippen molar-refractivity contribution in [3.63, 3.8) is 0 Å². The molecule has 0 atom stereocenters. The minimum Gasteiger partial charge on any atom is -0.454 e. The van der Waals surface area contributed by atoms with Gasteiger partial charge < -0.3 is 24.7 Å². The van der Waals surface area contributed by atoms with Gasteiger partial charge in [0.2, 0.25) is 6.79 Å². The van der Waals surface area contributed by atoms with Gasteiger partial charge in [-0.2, -0.15) is 0 Å². The molecule has 0 unspecified atom stereocenters. The van der Waals surface area contributed by atoms with Gasteiger partial charge in [0.15, 0.2) is 11.5 Å². The van der Waals surface area contributed by atoms with E-state index in [4.69, 9.17) is 9.47 Å². The molecule has 2 N–H and O–H groups in total. The van der Waals surface area contributed by atoms with E-state index >= 15 is 0 Å². The van der Waals surface area contributed by atoms with Crippen LogP contribution in [0.2, 0.25) is 0 Å². The molecule has 0 saturated heterocycles. The van der Waals surface area contributed by atoms with Gasteiger partial charge in [-0.05, 0) is 59.7 Å².